The lowest BCUT2D eigenvalue weighted by molar-refractivity contribution is 0.0296. The number of ether oxygens (including phenoxy) is 1. The second-order valence-corrected chi connectivity index (χ2v) is 6.28. The maximum absolute atomic E-state index is 12.6. The van der Waals surface area contributed by atoms with Gasteiger partial charge in [0, 0.05) is 43.5 Å². The number of rotatable bonds is 4. The van der Waals surface area contributed by atoms with E-state index in [1.165, 1.54) is 0 Å². The number of urea groups is 1. The third kappa shape index (κ3) is 4.04. The normalized spacial score (nSPS) is 21.7. The maximum atomic E-state index is 12.6. The van der Waals surface area contributed by atoms with Crippen LogP contribution in [0.25, 0.3) is 0 Å². The van der Waals surface area contributed by atoms with Crippen LogP contribution in [0.3, 0.4) is 0 Å². The zero-order valence-corrected chi connectivity index (χ0v) is 13.7. The Hall–Kier alpha value is -2.12. The molecule has 1 aromatic rings. The van der Waals surface area contributed by atoms with Gasteiger partial charge in [0.05, 0.1) is 13.2 Å². The van der Waals surface area contributed by atoms with Crippen molar-refractivity contribution in [3.8, 4) is 0 Å². The molecule has 2 fully saturated rings. The molecule has 0 spiro atoms. The number of likely N-dealkylation sites (tertiary alicyclic amines) is 1. The van der Waals surface area contributed by atoms with Gasteiger partial charge in [-0.1, -0.05) is 6.07 Å². The highest BCUT2D eigenvalue weighted by Crippen LogP contribution is 2.21. The molecule has 2 heterocycles. The van der Waals surface area contributed by atoms with Crippen LogP contribution in [0.15, 0.2) is 24.3 Å². The minimum absolute atomic E-state index is 0.118. The summed E-state index contributed by atoms with van der Waals surface area (Å²) in [6, 6.07) is 6.82. The van der Waals surface area contributed by atoms with Gasteiger partial charge in [0.1, 0.15) is 0 Å². The summed E-state index contributed by atoms with van der Waals surface area (Å²) >= 11 is 0. The molecule has 0 unspecified atom stereocenters. The molecule has 3 N–H and O–H groups in total. The SMILES string of the molecule is NC(=O)c1cccc(NC(=O)N2CCC[C@@H]2CN2CCOCC2)c1. The quantitative estimate of drug-likeness (QED) is 0.865. The van der Waals surface area contributed by atoms with Crippen LogP contribution in [0.2, 0.25) is 0 Å². The number of primary amides is 1. The molecule has 130 valence electrons. The largest absolute Gasteiger partial charge is 0.379 e. The molecule has 24 heavy (non-hydrogen) atoms. The highest BCUT2D eigenvalue weighted by Gasteiger charge is 2.30. The average molecular weight is 332 g/mol. The summed E-state index contributed by atoms with van der Waals surface area (Å²) < 4.78 is 5.38. The fraction of sp³-hybridized carbons (Fsp3) is 0.529. The first-order valence-corrected chi connectivity index (χ1v) is 8.41. The molecule has 2 saturated heterocycles. The van der Waals surface area contributed by atoms with E-state index in [1.807, 2.05) is 4.90 Å². The van der Waals surface area contributed by atoms with Crippen LogP contribution >= 0.6 is 0 Å². The van der Waals surface area contributed by atoms with Gasteiger partial charge < -0.3 is 20.7 Å². The van der Waals surface area contributed by atoms with Crippen molar-refractivity contribution >= 4 is 17.6 Å². The van der Waals surface area contributed by atoms with E-state index >= 15 is 0 Å². The first kappa shape index (κ1) is 16.7. The summed E-state index contributed by atoms with van der Waals surface area (Å²) in [5.74, 6) is -0.502. The Balaban J connectivity index is 1.60. The number of amides is 3. The molecule has 0 bridgehead atoms. The maximum Gasteiger partial charge on any atom is 0.322 e. The third-order valence-corrected chi connectivity index (χ3v) is 4.61. The van der Waals surface area contributed by atoms with Crippen molar-refractivity contribution in [3.05, 3.63) is 29.8 Å². The van der Waals surface area contributed by atoms with E-state index in [-0.39, 0.29) is 12.1 Å². The molecular formula is C17H24N4O3. The number of benzene rings is 1. The van der Waals surface area contributed by atoms with Crippen LogP contribution in [-0.4, -0.2) is 67.2 Å². The number of anilines is 1. The highest BCUT2D eigenvalue weighted by atomic mass is 16.5. The Kier molecular flexibility index (Phi) is 5.32. The fourth-order valence-corrected chi connectivity index (χ4v) is 3.32. The molecule has 3 amide bonds. The summed E-state index contributed by atoms with van der Waals surface area (Å²) in [5, 5.41) is 2.88. The number of nitrogens with zero attached hydrogens (tertiary/aromatic N) is 2. The molecule has 1 aromatic carbocycles. The Morgan fingerprint density at radius 2 is 2.04 bits per heavy atom. The third-order valence-electron chi connectivity index (χ3n) is 4.61. The molecule has 0 aromatic heterocycles. The van der Waals surface area contributed by atoms with Crippen molar-refractivity contribution < 1.29 is 14.3 Å². The van der Waals surface area contributed by atoms with Crippen molar-refractivity contribution in [2.45, 2.75) is 18.9 Å². The zero-order valence-electron chi connectivity index (χ0n) is 13.7. The van der Waals surface area contributed by atoms with Crippen molar-refractivity contribution in [1.29, 1.82) is 0 Å². The molecule has 0 radical (unpaired) electrons. The van der Waals surface area contributed by atoms with Gasteiger partial charge in [-0.2, -0.15) is 0 Å². The van der Waals surface area contributed by atoms with Crippen molar-refractivity contribution in [2.24, 2.45) is 5.73 Å². The van der Waals surface area contributed by atoms with Crippen molar-refractivity contribution in [1.82, 2.24) is 9.80 Å². The molecule has 7 nitrogen and oxygen atoms in total. The Bertz CT molecular complexity index is 601. The number of hydrogen-bond acceptors (Lipinski definition) is 4. The molecule has 7 heteroatoms. The van der Waals surface area contributed by atoms with Gasteiger partial charge in [-0.25, -0.2) is 4.79 Å². The van der Waals surface area contributed by atoms with Crippen LogP contribution in [-0.2, 0) is 4.74 Å². The summed E-state index contributed by atoms with van der Waals surface area (Å²) in [5.41, 5.74) is 6.26. The number of nitrogens with one attached hydrogen (secondary N) is 1. The molecule has 1 atom stereocenters. The number of morpholine rings is 1. The molecule has 0 saturated carbocycles. The summed E-state index contributed by atoms with van der Waals surface area (Å²) in [6.45, 7) is 5.02. The summed E-state index contributed by atoms with van der Waals surface area (Å²) in [6.07, 6.45) is 2.04. The van der Waals surface area contributed by atoms with Gasteiger partial charge >= 0.3 is 6.03 Å². The standard InChI is InChI=1S/C17H24N4O3/c18-16(22)13-3-1-4-14(11-13)19-17(23)21-6-2-5-15(21)12-20-7-9-24-10-8-20/h1,3-4,11,15H,2,5-10,12H2,(H2,18,22)(H,19,23)/t15-/m1/s1. The van der Waals surface area contributed by atoms with E-state index in [4.69, 9.17) is 10.5 Å². The number of carbonyl (C=O) groups excluding carboxylic acids is 2. The minimum atomic E-state index is -0.502. The van der Waals surface area contributed by atoms with E-state index in [0.29, 0.717) is 11.3 Å². The molecule has 2 aliphatic rings. The average Bonchev–Trinajstić information content (AvgIpc) is 3.04. The molecule has 2 aliphatic heterocycles. The summed E-state index contributed by atoms with van der Waals surface area (Å²) in [7, 11) is 0. The van der Waals surface area contributed by atoms with Gasteiger partial charge in [0.15, 0.2) is 0 Å². The molecular weight excluding hydrogens is 308 g/mol. The predicted octanol–water partition coefficient (Wildman–Crippen LogP) is 1.11. The van der Waals surface area contributed by atoms with Crippen LogP contribution in [0, 0.1) is 0 Å². The van der Waals surface area contributed by atoms with Crippen molar-refractivity contribution in [3.63, 3.8) is 0 Å². The van der Waals surface area contributed by atoms with Gasteiger partial charge in [0.25, 0.3) is 0 Å². The Labute approximate surface area is 141 Å². The molecule has 3 rings (SSSR count). The Morgan fingerprint density at radius 1 is 1.25 bits per heavy atom. The van der Waals surface area contributed by atoms with Crippen LogP contribution < -0.4 is 11.1 Å². The zero-order chi connectivity index (χ0) is 16.9. The smallest absolute Gasteiger partial charge is 0.322 e. The number of carbonyl (C=O) groups is 2. The van der Waals surface area contributed by atoms with E-state index in [1.54, 1.807) is 24.3 Å². The van der Waals surface area contributed by atoms with E-state index in [0.717, 1.165) is 52.2 Å². The van der Waals surface area contributed by atoms with Gasteiger partial charge in [0.2, 0.25) is 5.91 Å². The Morgan fingerprint density at radius 3 is 2.79 bits per heavy atom. The van der Waals surface area contributed by atoms with Gasteiger partial charge in [-0.15, -0.1) is 0 Å². The van der Waals surface area contributed by atoms with Crippen LogP contribution in [0.5, 0.6) is 0 Å². The topological polar surface area (TPSA) is 87.9 Å². The number of hydrogen-bond donors (Lipinski definition) is 2. The lowest BCUT2D eigenvalue weighted by Crippen LogP contribution is -2.47. The van der Waals surface area contributed by atoms with E-state index < -0.39 is 5.91 Å². The van der Waals surface area contributed by atoms with E-state index in [9.17, 15) is 9.59 Å². The fourth-order valence-electron chi connectivity index (χ4n) is 3.32. The van der Waals surface area contributed by atoms with Crippen molar-refractivity contribution in [2.75, 3.05) is 44.7 Å². The monoisotopic (exact) mass is 332 g/mol. The summed E-state index contributed by atoms with van der Waals surface area (Å²) in [4.78, 5) is 28.1. The van der Waals surface area contributed by atoms with Gasteiger partial charge in [-0.05, 0) is 31.0 Å². The first-order valence-electron chi connectivity index (χ1n) is 8.41. The van der Waals surface area contributed by atoms with Gasteiger partial charge in [-0.3, -0.25) is 9.69 Å². The number of nitrogens with two attached hydrogens (primary N) is 1. The van der Waals surface area contributed by atoms with Crippen LogP contribution in [0.4, 0.5) is 10.5 Å². The van der Waals surface area contributed by atoms with E-state index in [2.05, 4.69) is 10.2 Å². The lowest BCUT2D eigenvalue weighted by Gasteiger charge is -2.32. The predicted molar refractivity (Wildman–Crippen MR) is 91.0 cm³/mol. The second-order valence-electron chi connectivity index (χ2n) is 6.28. The first-order chi connectivity index (χ1) is 11.6. The highest BCUT2D eigenvalue weighted by molar-refractivity contribution is 5.96. The minimum Gasteiger partial charge on any atom is -0.379 e. The van der Waals surface area contributed by atoms with Crippen LogP contribution in [0.1, 0.15) is 23.2 Å². The second kappa shape index (κ2) is 7.63. The molecule has 0 aliphatic carbocycles. The lowest BCUT2D eigenvalue weighted by atomic mass is 10.2.